The zero-order chi connectivity index (χ0) is 28.4. The van der Waals surface area contributed by atoms with Gasteiger partial charge in [0.15, 0.2) is 0 Å². The van der Waals surface area contributed by atoms with E-state index in [1.807, 2.05) is 58.9 Å². The summed E-state index contributed by atoms with van der Waals surface area (Å²) in [5.74, 6) is 0.176. The van der Waals surface area contributed by atoms with E-state index in [-0.39, 0.29) is 28.9 Å². The van der Waals surface area contributed by atoms with Gasteiger partial charge in [-0.05, 0) is 52.5 Å². The quantitative estimate of drug-likeness (QED) is 0.455. The second-order valence-electron chi connectivity index (χ2n) is 10.6. The Morgan fingerprint density at radius 1 is 1.21 bits per heavy atom. The molecule has 0 saturated carbocycles. The van der Waals surface area contributed by atoms with Crippen LogP contribution in [0.3, 0.4) is 0 Å². The second kappa shape index (κ2) is 11.2. The van der Waals surface area contributed by atoms with Gasteiger partial charge in [0.25, 0.3) is 10.0 Å². The van der Waals surface area contributed by atoms with E-state index in [4.69, 9.17) is 9.47 Å². The van der Waals surface area contributed by atoms with Crippen LogP contribution in [-0.2, 0) is 28.2 Å². The maximum atomic E-state index is 13.1. The molecule has 210 valence electrons. The standard InChI is InChI=1S/C27H36N6O5S/c1-7-21-23(22-13-9-8-11-18(22)2)29-25(31-39(35,36)20-15-28-32(6)17-20)30-24(21)37-19-12-10-14-33(16-19)26(34)38-27(3,4)5/h8-9,11,13,15,17,19H,7,10,12,14,16H2,1-6H3,(H,29,30,31). The fourth-order valence-corrected chi connectivity index (χ4v) is 5.31. The minimum absolute atomic E-state index is 0.00615. The summed E-state index contributed by atoms with van der Waals surface area (Å²) in [4.78, 5) is 23.5. The first-order valence-corrected chi connectivity index (χ1v) is 14.5. The Kier molecular flexibility index (Phi) is 8.15. The number of anilines is 1. The van der Waals surface area contributed by atoms with E-state index >= 15 is 0 Å². The minimum atomic E-state index is -3.99. The smallest absolute Gasteiger partial charge is 0.410 e. The van der Waals surface area contributed by atoms with Crippen molar-refractivity contribution in [3.63, 3.8) is 0 Å². The lowest BCUT2D eigenvalue weighted by Crippen LogP contribution is -2.46. The molecule has 11 nitrogen and oxygen atoms in total. The summed E-state index contributed by atoms with van der Waals surface area (Å²) in [6.07, 6.45) is 3.92. The van der Waals surface area contributed by atoms with Crippen molar-refractivity contribution >= 4 is 22.1 Å². The third kappa shape index (κ3) is 6.86. The van der Waals surface area contributed by atoms with Gasteiger partial charge in [0, 0.05) is 30.9 Å². The summed E-state index contributed by atoms with van der Waals surface area (Å²) < 4.78 is 42.0. The molecule has 4 rings (SSSR count). The van der Waals surface area contributed by atoms with Crippen LogP contribution in [-0.4, -0.2) is 64.0 Å². The third-order valence-electron chi connectivity index (χ3n) is 6.25. The van der Waals surface area contributed by atoms with Crippen LogP contribution in [0.4, 0.5) is 10.7 Å². The Hall–Kier alpha value is -3.67. The van der Waals surface area contributed by atoms with Crippen LogP contribution < -0.4 is 9.46 Å². The minimum Gasteiger partial charge on any atom is -0.472 e. The van der Waals surface area contributed by atoms with E-state index in [2.05, 4.69) is 19.8 Å². The number of hydrogen-bond donors (Lipinski definition) is 1. The van der Waals surface area contributed by atoms with Crippen molar-refractivity contribution in [2.45, 2.75) is 70.5 Å². The molecule has 1 fully saturated rings. The fraction of sp³-hybridized carbons (Fsp3) is 0.481. The van der Waals surface area contributed by atoms with E-state index < -0.39 is 15.6 Å². The van der Waals surface area contributed by atoms with Gasteiger partial charge in [-0.3, -0.25) is 4.68 Å². The van der Waals surface area contributed by atoms with Gasteiger partial charge in [0.05, 0.1) is 18.4 Å². The Labute approximate surface area is 229 Å². The van der Waals surface area contributed by atoms with E-state index in [9.17, 15) is 13.2 Å². The van der Waals surface area contributed by atoms with Crippen molar-refractivity contribution in [3.8, 4) is 17.1 Å². The predicted molar refractivity (Wildman–Crippen MR) is 147 cm³/mol. The first-order valence-electron chi connectivity index (χ1n) is 13.0. The zero-order valence-corrected chi connectivity index (χ0v) is 24.1. The van der Waals surface area contributed by atoms with Crippen molar-refractivity contribution in [1.82, 2.24) is 24.6 Å². The maximum Gasteiger partial charge on any atom is 0.410 e. The number of aromatic nitrogens is 4. The predicted octanol–water partition coefficient (Wildman–Crippen LogP) is 4.33. The molecule has 1 aliphatic heterocycles. The number of nitrogens with one attached hydrogen (secondary N) is 1. The monoisotopic (exact) mass is 556 g/mol. The highest BCUT2D eigenvalue weighted by Crippen LogP contribution is 2.33. The highest BCUT2D eigenvalue weighted by atomic mass is 32.2. The number of carbonyl (C=O) groups is 1. The van der Waals surface area contributed by atoms with Crippen LogP contribution in [0.25, 0.3) is 11.3 Å². The van der Waals surface area contributed by atoms with E-state index in [1.165, 1.54) is 17.1 Å². The highest BCUT2D eigenvalue weighted by Gasteiger charge is 2.30. The largest absolute Gasteiger partial charge is 0.472 e. The molecular formula is C27H36N6O5S. The van der Waals surface area contributed by atoms with Gasteiger partial charge in [-0.2, -0.15) is 10.1 Å². The van der Waals surface area contributed by atoms with Gasteiger partial charge in [-0.1, -0.05) is 31.2 Å². The lowest BCUT2D eigenvalue weighted by atomic mass is 10.0. The molecule has 0 radical (unpaired) electrons. The number of hydrogen-bond acceptors (Lipinski definition) is 8. The number of sulfonamides is 1. The molecule has 1 aromatic carbocycles. The Bertz CT molecular complexity index is 1450. The summed E-state index contributed by atoms with van der Waals surface area (Å²) in [5.41, 5.74) is 2.57. The molecule has 3 aromatic rings. The Balaban J connectivity index is 1.71. The lowest BCUT2D eigenvalue weighted by molar-refractivity contribution is 0.00711. The van der Waals surface area contributed by atoms with Crippen LogP contribution in [0.1, 0.15) is 51.7 Å². The van der Waals surface area contributed by atoms with Crippen molar-refractivity contribution in [3.05, 3.63) is 47.8 Å². The van der Waals surface area contributed by atoms with Gasteiger partial charge < -0.3 is 14.4 Å². The first-order chi connectivity index (χ1) is 18.4. The van der Waals surface area contributed by atoms with Gasteiger partial charge in [-0.25, -0.2) is 22.9 Å². The normalized spacial score (nSPS) is 16.2. The molecule has 12 heteroatoms. The molecule has 0 spiro atoms. The molecule has 3 heterocycles. The van der Waals surface area contributed by atoms with Crippen LogP contribution in [0.15, 0.2) is 41.6 Å². The van der Waals surface area contributed by atoms with E-state index in [0.29, 0.717) is 31.6 Å². The molecule has 1 atom stereocenters. The van der Waals surface area contributed by atoms with Gasteiger partial charge in [0.1, 0.15) is 16.6 Å². The Morgan fingerprint density at radius 2 is 1.95 bits per heavy atom. The first kappa shape index (κ1) is 28.3. The molecule has 0 bridgehead atoms. The molecule has 1 N–H and O–H groups in total. The summed E-state index contributed by atoms with van der Waals surface area (Å²) in [6, 6.07) is 7.74. The number of benzene rings is 1. The molecule has 39 heavy (non-hydrogen) atoms. The van der Waals surface area contributed by atoms with Gasteiger partial charge in [0.2, 0.25) is 11.8 Å². The van der Waals surface area contributed by atoms with Crippen molar-refractivity contribution in [1.29, 1.82) is 0 Å². The van der Waals surface area contributed by atoms with Crippen LogP contribution in [0.2, 0.25) is 0 Å². The number of nitrogens with zero attached hydrogens (tertiary/aromatic N) is 5. The second-order valence-corrected chi connectivity index (χ2v) is 12.3. The number of carbonyl (C=O) groups excluding carboxylic acids is 1. The van der Waals surface area contributed by atoms with E-state index in [1.54, 1.807) is 11.9 Å². The molecule has 1 unspecified atom stereocenters. The highest BCUT2D eigenvalue weighted by molar-refractivity contribution is 7.92. The fourth-order valence-electron chi connectivity index (χ4n) is 4.39. The van der Waals surface area contributed by atoms with E-state index in [0.717, 1.165) is 23.1 Å². The van der Waals surface area contributed by atoms with Gasteiger partial charge >= 0.3 is 6.09 Å². The molecule has 1 saturated heterocycles. The van der Waals surface area contributed by atoms with Gasteiger partial charge in [-0.15, -0.1) is 0 Å². The summed E-state index contributed by atoms with van der Waals surface area (Å²) >= 11 is 0. The molecule has 0 aliphatic carbocycles. The number of ether oxygens (including phenoxy) is 2. The zero-order valence-electron chi connectivity index (χ0n) is 23.3. The number of amides is 1. The summed E-state index contributed by atoms with van der Waals surface area (Å²) in [6.45, 7) is 10.3. The molecular weight excluding hydrogens is 520 g/mol. The van der Waals surface area contributed by atoms with Crippen LogP contribution in [0, 0.1) is 6.92 Å². The van der Waals surface area contributed by atoms with Crippen LogP contribution >= 0.6 is 0 Å². The maximum absolute atomic E-state index is 13.1. The molecule has 1 aliphatic rings. The Morgan fingerprint density at radius 3 is 2.59 bits per heavy atom. The number of aryl methyl sites for hydroxylation is 2. The third-order valence-corrected chi connectivity index (χ3v) is 7.53. The lowest BCUT2D eigenvalue weighted by Gasteiger charge is -2.34. The average molecular weight is 557 g/mol. The number of piperidine rings is 1. The topological polar surface area (TPSA) is 129 Å². The average Bonchev–Trinajstić information content (AvgIpc) is 3.30. The van der Waals surface area contributed by atoms with Crippen molar-refractivity contribution < 1.29 is 22.7 Å². The van der Waals surface area contributed by atoms with Crippen molar-refractivity contribution in [2.75, 3.05) is 17.8 Å². The van der Waals surface area contributed by atoms with Crippen LogP contribution in [0.5, 0.6) is 5.88 Å². The van der Waals surface area contributed by atoms with Crippen molar-refractivity contribution in [2.24, 2.45) is 7.05 Å². The number of likely N-dealkylation sites (tertiary alicyclic amines) is 1. The SMILES string of the molecule is CCc1c(OC2CCCN(C(=O)OC(C)(C)C)C2)nc(NS(=O)(=O)c2cnn(C)c2)nc1-c1ccccc1C. The summed E-state index contributed by atoms with van der Waals surface area (Å²) in [5, 5.41) is 3.96. The summed E-state index contributed by atoms with van der Waals surface area (Å²) in [7, 11) is -2.35. The molecule has 1 amide bonds. The number of rotatable bonds is 7. The molecule has 2 aromatic heterocycles.